The molecule has 2 fully saturated rings. The number of nitrogens with one attached hydrogen (secondary N) is 2. The number of aryl methyl sites for hydroxylation is 2. The number of piperidine rings is 1. The Bertz CT molecular complexity index is 825. The Labute approximate surface area is 160 Å². The van der Waals surface area contributed by atoms with Crippen LogP contribution in [-0.4, -0.2) is 49.4 Å². The van der Waals surface area contributed by atoms with Crippen molar-refractivity contribution < 1.29 is 18.0 Å². The van der Waals surface area contributed by atoms with Crippen molar-refractivity contribution in [3.63, 3.8) is 0 Å². The summed E-state index contributed by atoms with van der Waals surface area (Å²) >= 11 is 0. The predicted octanol–water partition coefficient (Wildman–Crippen LogP) is 1.56. The maximum atomic E-state index is 12.2. The molecule has 1 heterocycles. The van der Waals surface area contributed by atoms with Gasteiger partial charge in [-0.25, -0.2) is 12.7 Å². The first-order valence-corrected chi connectivity index (χ1v) is 10.9. The standard InChI is InChI=1S/C19H27N3O4S/c1-13-3-6-17(14(2)11-13)21-19(24)18(23)20-12-15-7-9-22(10-8-15)27(25,26)16-4-5-16/h3,6,11,15-16H,4-5,7-10,12H2,1-2H3,(H,20,23)(H,21,24). The Morgan fingerprint density at radius 1 is 1.07 bits per heavy atom. The first-order chi connectivity index (χ1) is 12.8. The molecule has 1 aliphatic carbocycles. The Balaban J connectivity index is 1.43. The SMILES string of the molecule is Cc1ccc(NC(=O)C(=O)NCC2CCN(S(=O)(=O)C3CC3)CC2)c(C)c1. The van der Waals surface area contributed by atoms with Gasteiger partial charge in [0.1, 0.15) is 0 Å². The van der Waals surface area contributed by atoms with Crippen LogP contribution in [0.1, 0.15) is 36.8 Å². The third kappa shape index (κ3) is 4.87. The summed E-state index contributed by atoms with van der Waals surface area (Å²) in [6.45, 7) is 5.22. The van der Waals surface area contributed by atoms with Gasteiger partial charge in [-0.1, -0.05) is 17.7 Å². The fourth-order valence-corrected chi connectivity index (χ4v) is 5.27. The van der Waals surface area contributed by atoms with E-state index in [0.717, 1.165) is 24.0 Å². The summed E-state index contributed by atoms with van der Waals surface area (Å²) in [6.07, 6.45) is 2.94. The zero-order valence-electron chi connectivity index (χ0n) is 15.8. The number of benzene rings is 1. The summed E-state index contributed by atoms with van der Waals surface area (Å²) in [6, 6.07) is 5.60. The third-order valence-corrected chi connectivity index (χ3v) is 7.67. The van der Waals surface area contributed by atoms with E-state index in [1.54, 1.807) is 10.4 Å². The topological polar surface area (TPSA) is 95.6 Å². The average molecular weight is 394 g/mol. The molecule has 27 heavy (non-hydrogen) atoms. The highest BCUT2D eigenvalue weighted by Crippen LogP contribution is 2.33. The molecular formula is C19H27N3O4S. The van der Waals surface area contributed by atoms with E-state index in [4.69, 9.17) is 0 Å². The lowest BCUT2D eigenvalue weighted by Crippen LogP contribution is -2.44. The minimum atomic E-state index is -3.12. The zero-order valence-corrected chi connectivity index (χ0v) is 16.6. The van der Waals surface area contributed by atoms with E-state index in [1.807, 2.05) is 26.0 Å². The first-order valence-electron chi connectivity index (χ1n) is 9.43. The van der Waals surface area contributed by atoms with Crippen molar-refractivity contribution in [2.45, 2.75) is 44.8 Å². The summed E-state index contributed by atoms with van der Waals surface area (Å²) in [5.74, 6) is -1.16. The van der Waals surface area contributed by atoms with Crippen LogP contribution in [0.5, 0.6) is 0 Å². The third-order valence-electron chi connectivity index (χ3n) is 5.27. The molecule has 1 aromatic carbocycles. The molecule has 0 radical (unpaired) electrons. The highest BCUT2D eigenvalue weighted by Gasteiger charge is 2.41. The average Bonchev–Trinajstić information content (AvgIpc) is 3.48. The van der Waals surface area contributed by atoms with Gasteiger partial charge in [0.05, 0.1) is 5.25 Å². The largest absolute Gasteiger partial charge is 0.348 e. The number of amides is 2. The minimum absolute atomic E-state index is 0.178. The number of nitrogens with zero attached hydrogens (tertiary/aromatic N) is 1. The van der Waals surface area contributed by atoms with E-state index in [9.17, 15) is 18.0 Å². The summed E-state index contributed by atoms with van der Waals surface area (Å²) in [5.41, 5.74) is 2.62. The quantitative estimate of drug-likeness (QED) is 0.742. The second-order valence-corrected chi connectivity index (χ2v) is 9.78. The van der Waals surface area contributed by atoms with Crippen molar-refractivity contribution in [1.29, 1.82) is 0 Å². The lowest BCUT2D eigenvalue weighted by atomic mass is 9.98. The van der Waals surface area contributed by atoms with Gasteiger partial charge in [0.25, 0.3) is 0 Å². The zero-order chi connectivity index (χ0) is 19.6. The van der Waals surface area contributed by atoms with Crippen LogP contribution in [0.2, 0.25) is 0 Å². The molecule has 3 rings (SSSR count). The molecule has 0 bridgehead atoms. The van der Waals surface area contributed by atoms with Gasteiger partial charge in [-0.2, -0.15) is 0 Å². The van der Waals surface area contributed by atoms with Gasteiger partial charge in [0.15, 0.2) is 0 Å². The summed E-state index contributed by atoms with van der Waals surface area (Å²) in [7, 11) is -3.12. The Hall–Kier alpha value is -1.93. The Morgan fingerprint density at radius 2 is 1.74 bits per heavy atom. The van der Waals surface area contributed by atoms with Crippen molar-refractivity contribution >= 4 is 27.5 Å². The van der Waals surface area contributed by atoms with Crippen molar-refractivity contribution in [3.05, 3.63) is 29.3 Å². The van der Waals surface area contributed by atoms with E-state index in [1.165, 1.54) is 0 Å². The van der Waals surface area contributed by atoms with Gasteiger partial charge in [-0.3, -0.25) is 9.59 Å². The van der Waals surface area contributed by atoms with Crippen LogP contribution >= 0.6 is 0 Å². The normalized spacial score (nSPS) is 18.9. The van der Waals surface area contributed by atoms with Gasteiger partial charge in [0, 0.05) is 25.3 Å². The maximum absolute atomic E-state index is 12.2. The van der Waals surface area contributed by atoms with E-state index in [-0.39, 0.29) is 11.2 Å². The predicted molar refractivity (Wildman–Crippen MR) is 104 cm³/mol. The van der Waals surface area contributed by atoms with Crippen molar-refractivity contribution in [2.24, 2.45) is 5.92 Å². The molecule has 1 aliphatic heterocycles. The number of rotatable bonds is 5. The smallest absolute Gasteiger partial charge is 0.313 e. The number of anilines is 1. The summed E-state index contributed by atoms with van der Waals surface area (Å²) in [4.78, 5) is 24.1. The number of sulfonamides is 1. The lowest BCUT2D eigenvalue weighted by Gasteiger charge is -2.31. The van der Waals surface area contributed by atoms with Crippen LogP contribution in [0.4, 0.5) is 5.69 Å². The second kappa shape index (κ2) is 7.98. The molecule has 1 aromatic rings. The fraction of sp³-hybridized carbons (Fsp3) is 0.579. The molecule has 8 heteroatoms. The van der Waals surface area contributed by atoms with Gasteiger partial charge >= 0.3 is 11.8 Å². The molecule has 2 N–H and O–H groups in total. The molecule has 1 saturated heterocycles. The highest BCUT2D eigenvalue weighted by atomic mass is 32.2. The molecule has 2 aliphatic rings. The Kier molecular flexibility index (Phi) is 5.86. The number of carbonyl (C=O) groups excluding carboxylic acids is 2. The molecule has 0 unspecified atom stereocenters. The van der Waals surface area contributed by atoms with Crippen molar-refractivity contribution in [2.75, 3.05) is 25.0 Å². The van der Waals surface area contributed by atoms with Crippen LogP contribution in [0.3, 0.4) is 0 Å². The van der Waals surface area contributed by atoms with E-state index < -0.39 is 21.8 Å². The van der Waals surface area contributed by atoms with Crippen LogP contribution in [0.25, 0.3) is 0 Å². The number of hydrogen-bond donors (Lipinski definition) is 2. The van der Waals surface area contributed by atoms with Gasteiger partial charge in [-0.05, 0) is 57.1 Å². The molecule has 2 amide bonds. The van der Waals surface area contributed by atoms with Gasteiger partial charge in [0.2, 0.25) is 10.0 Å². The summed E-state index contributed by atoms with van der Waals surface area (Å²) < 4.78 is 26.0. The van der Waals surface area contributed by atoms with E-state index in [0.29, 0.717) is 38.2 Å². The van der Waals surface area contributed by atoms with Crippen LogP contribution in [0, 0.1) is 19.8 Å². The van der Waals surface area contributed by atoms with Crippen molar-refractivity contribution in [3.8, 4) is 0 Å². The highest BCUT2D eigenvalue weighted by molar-refractivity contribution is 7.90. The van der Waals surface area contributed by atoms with E-state index in [2.05, 4.69) is 10.6 Å². The number of carbonyl (C=O) groups is 2. The fourth-order valence-electron chi connectivity index (χ4n) is 3.39. The lowest BCUT2D eigenvalue weighted by molar-refractivity contribution is -0.136. The van der Waals surface area contributed by atoms with Crippen molar-refractivity contribution in [1.82, 2.24) is 9.62 Å². The monoisotopic (exact) mass is 393 g/mol. The van der Waals surface area contributed by atoms with Gasteiger partial charge in [-0.15, -0.1) is 0 Å². The minimum Gasteiger partial charge on any atom is -0.348 e. The molecule has 0 spiro atoms. The van der Waals surface area contributed by atoms with Crippen LogP contribution in [-0.2, 0) is 19.6 Å². The molecule has 148 valence electrons. The summed E-state index contributed by atoms with van der Waals surface area (Å²) in [5, 5.41) is 5.13. The number of hydrogen-bond acceptors (Lipinski definition) is 4. The second-order valence-electron chi connectivity index (χ2n) is 7.57. The molecular weight excluding hydrogens is 366 g/mol. The molecule has 1 saturated carbocycles. The maximum Gasteiger partial charge on any atom is 0.313 e. The van der Waals surface area contributed by atoms with Gasteiger partial charge < -0.3 is 10.6 Å². The molecule has 0 atom stereocenters. The molecule has 7 nitrogen and oxygen atoms in total. The van der Waals surface area contributed by atoms with E-state index >= 15 is 0 Å². The van der Waals surface area contributed by atoms with Crippen LogP contribution in [0.15, 0.2) is 18.2 Å². The van der Waals surface area contributed by atoms with Crippen LogP contribution < -0.4 is 10.6 Å². The molecule has 0 aromatic heterocycles. The Morgan fingerprint density at radius 3 is 2.33 bits per heavy atom. The first kappa shape index (κ1) is 19.8.